The fraction of sp³-hybridized carbons (Fsp3) is 0.467. The fourth-order valence-corrected chi connectivity index (χ4v) is 2.90. The molecule has 22 heavy (non-hydrogen) atoms. The highest BCUT2D eigenvalue weighted by atomic mass is 35.5. The monoisotopic (exact) mass is 328 g/mol. The Morgan fingerprint density at radius 3 is 2.86 bits per heavy atom. The lowest BCUT2D eigenvalue weighted by molar-refractivity contribution is -0.127. The lowest BCUT2D eigenvalue weighted by Crippen LogP contribution is -2.52. The number of halogens is 2. The van der Waals surface area contributed by atoms with Crippen molar-refractivity contribution in [2.24, 2.45) is 0 Å². The molecule has 1 aromatic carbocycles. The minimum atomic E-state index is -1.25. The first kappa shape index (κ1) is 16.7. The third kappa shape index (κ3) is 3.75. The maximum Gasteiger partial charge on any atom is 0.255 e. The lowest BCUT2D eigenvalue weighted by atomic mass is 9.89. The highest BCUT2D eigenvalue weighted by Gasteiger charge is 2.37. The Hall–Kier alpha value is -1.66. The minimum Gasteiger partial charge on any atom is -0.388 e. The van der Waals surface area contributed by atoms with Crippen molar-refractivity contribution in [3.05, 3.63) is 34.6 Å². The molecule has 0 aromatic heterocycles. The molecule has 1 unspecified atom stereocenters. The Kier molecular flexibility index (Phi) is 5.03. The molecule has 0 bridgehead atoms. The van der Waals surface area contributed by atoms with E-state index in [4.69, 9.17) is 11.6 Å². The number of piperidine rings is 1. The van der Waals surface area contributed by atoms with E-state index in [9.17, 15) is 19.1 Å². The van der Waals surface area contributed by atoms with Crippen molar-refractivity contribution in [1.29, 1.82) is 0 Å². The molecule has 1 atom stereocenters. The molecule has 120 valence electrons. The van der Waals surface area contributed by atoms with Crippen LogP contribution < -0.4 is 5.32 Å². The maximum atomic E-state index is 13.1. The first-order chi connectivity index (χ1) is 10.3. The number of aliphatic hydroxyl groups is 1. The highest BCUT2D eigenvalue weighted by Crippen LogP contribution is 2.27. The number of hydrogen-bond donors (Lipinski definition) is 2. The largest absolute Gasteiger partial charge is 0.388 e. The summed E-state index contributed by atoms with van der Waals surface area (Å²) in [4.78, 5) is 25.4. The summed E-state index contributed by atoms with van der Waals surface area (Å²) in [5.41, 5.74) is -1.06. The molecule has 2 N–H and O–H groups in total. The first-order valence-corrected chi connectivity index (χ1v) is 7.40. The molecule has 1 aromatic rings. The topological polar surface area (TPSA) is 69.6 Å². The SMILES string of the molecule is CNC(=O)CC1(O)CCCN(C(=O)c2ccc(F)cc2Cl)C1. The molecule has 5 nitrogen and oxygen atoms in total. The number of benzene rings is 1. The zero-order valence-corrected chi connectivity index (χ0v) is 13.0. The van der Waals surface area contributed by atoms with Crippen molar-refractivity contribution in [3.8, 4) is 0 Å². The van der Waals surface area contributed by atoms with Gasteiger partial charge in [0.1, 0.15) is 5.82 Å². The van der Waals surface area contributed by atoms with E-state index in [0.29, 0.717) is 19.4 Å². The number of rotatable bonds is 3. The van der Waals surface area contributed by atoms with Crippen molar-refractivity contribution < 1.29 is 19.1 Å². The van der Waals surface area contributed by atoms with Crippen LogP contribution in [-0.2, 0) is 4.79 Å². The van der Waals surface area contributed by atoms with E-state index >= 15 is 0 Å². The Balaban J connectivity index is 2.14. The Morgan fingerprint density at radius 2 is 2.23 bits per heavy atom. The van der Waals surface area contributed by atoms with Gasteiger partial charge in [0.2, 0.25) is 5.91 Å². The molecule has 1 fully saturated rings. The van der Waals surface area contributed by atoms with E-state index in [0.717, 1.165) is 6.07 Å². The summed E-state index contributed by atoms with van der Waals surface area (Å²) in [5.74, 6) is -1.17. The Bertz CT molecular complexity index is 596. The first-order valence-electron chi connectivity index (χ1n) is 7.02. The van der Waals surface area contributed by atoms with E-state index in [1.54, 1.807) is 0 Å². The number of carbonyl (C=O) groups is 2. The molecule has 7 heteroatoms. The maximum absolute atomic E-state index is 13.1. The lowest BCUT2D eigenvalue weighted by Gasteiger charge is -2.39. The molecule has 1 saturated heterocycles. The summed E-state index contributed by atoms with van der Waals surface area (Å²) in [6.07, 6.45) is 0.962. The van der Waals surface area contributed by atoms with Crippen LogP contribution in [0.3, 0.4) is 0 Å². The third-order valence-electron chi connectivity index (χ3n) is 3.77. The van der Waals surface area contributed by atoms with Gasteiger partial charge in [-0.3, -0.25) is 9.59 Å². The fourth-order valence-electron chi connectivity index (χ4n) is 2.65. The molecule has 0 saturated carbocycles. The normalized spacial score (nSPS) is 21.5. The van der Waals surface area contributed by atoms with Gasteiger partial charge in [-0.25, -0.2) is 4.39 Å². The number of carbonyl (C=O) groups excluding carboxylic acids is 2. The van der Waals surface area contributed by atoms with Crippen LogP contribution in [0.1, 0.15) is 29.6 Å². The van der Waals surface area contributed by atoms with Gasteiger partial charge in [0, 0.05) is 13.6 Å². The second-order valence-corrected chi connectivity index (χ2v) is 5.94. The standard InChI is InChI=1S/C15H18ClFN2O3/c1-18-13(20)8-15(22)5-2-6-19(9-15)14(21)11-4-3-10(17)7-12(11)16/h3-4,7,22H,2,5-6,8-9H2,1H3,(H,18,20). The van der Waals surface area contributed by atoms with Crippen LogP contribution in [0.5, 0.6) is 0 Å². The highest BCUT2D eigenvalue weighted by molar-refractivity contribution is 6.33. The van der Waals surface area contributed by atoms with Gasteiger partial charge in [-0.2, -0.15) is 0 Å². The summed E-state index contributed by atoms with van der Waals surface area (Å²) >= 11 is 5.91. The predicted molar refractivity (Wildman–Crippen MR) is 80.2 cm³/mol. The van der Waals surface area contributed by atoms with Crippen LogP contribution in [0.25, 0.3) is 0 Å². The quantitative estimate of drug-likeness (QED) is 0.885. The molecule has 1 aliphatic heterocycles. The summed E-state index contributed by atoms with van der Waals surface area (Å²) in [5, 5.41) is 13.0. The van der Waals surface area contributed by atoms with Crippen molar-refractivity contribution in [2.45, 2.75) is 24.9 Å². The average molecular weight is 329 g/mol. The molecule has 0 spiro atoms. The summed E-state index contributed by atoms with van der Waals surface area (Å²) in [6.45, 7) is 0.509. The Labute approximate surface area is 133 Å². The summed E-state index contributed by atoms with van der Waals surface area (Å²) in [7, 11) is 1.50. The summed E-state index contributed by atoms with van der Waals surface area (Å²) in [6, 6.07) is 3.57. The van der Waals surface area contributed by atoms with Crippen LogP contribution in [0, 0.1) is 5.82 Å². The van der Waals surface area contributed by atoms with Gasteiger partial charge in [0.25, 0.3) is 5.91 Å². The molecule has 2 rings (SSSR count). The summed E-state index contributed by atoms with van der Waals surface area (Å²) < 4.78 is 13.1. The van der Waals surface area contributed by atoms with Crippen molar-refractivity contribution >= 4 is 23.4 Å². The average Bonchev–Trinajstić information content (AvgIpc) is 2.46. The number of likely N-dealkylation sites (tertiary alicyclic amines) is 1. The van der Waals surface area contributed by atoms with Crippen LogP contribution >= 0.6 is 11.6 Å². The molecular formula is C15H18ClFN2O3. The molecule has 2 amide bonds. The van der Waals surface area contributed by atoms with Crippen molar-refractivity contribution in [2.75, 3.05) is 20.1 Å². The van der Waals surface area contributed by atoms with E-state index in [1.807, 2.05) is 0 Å². The van der Waals surface area contributed by atoms with E-state index in [1.165, 1.54) is 24.1 Å². The van der Waals surface area contributed by atoms with Crippen molar-refractivity contribution in [1.82, 2.24) is 10.2 Å². The van der Waals surface area contributed by atoms with Gasteiger partial charge < -0.3 is 15.3 Å². The van der Waals surface area contributed by atoms with Gasteiger partial charge in [-0.05, 0) is 31.0 Å². The predicted octanol–water partition coefficient (Wildman–Crippen LogP) is 1.58. The minimum absolute atomic E-state index is 0.0328. The second kappa shape index (κ2) is 6.62. The molecule has 0 radical (unpaired) electrons. The van der Waals surface area contributed by atoms with E-state index in [2.05, 4.69) is 5.32 Å². The van der Waals surface area contributed by atoms with Crippen LogP contribution in [0.15, 0.2) is 18.2 Å². The molecule has 1 heterocycles. The number of nitrogens with one attached hydrogen (secondary N) is 1. The van der Waals surface area contributed by atoms with Gasteiger partial charge in [0.15, 0.2) is 0 Å². The molecular weight excluding hydrogens is 311 g/mol. The van der Waals surface area contributed by atoms with Gasteiger partial charge in [0.05, 0.1) is 29.2 Å². The number of hydrogen-bond acceptors (Lipinski definition) is 3. The second-order valence-electron chi connectivity index (χ2n) is 5.53. The molecule has 1 aliphatic rings. The van der Waals surface area contributed by atoms with Gasteiger partial charge in [-0.1, -0.05) is 11.6 Å². The number of nitrogens with zero attached hydrogens (tertiary/aromatic N) is 1. The van der Waals surface area contributed by atoms with Gasteiger partial charge >= 0.3 is 0 Å². The van der Waals surface area contributed by atoms with Crippen LogP contribution in [0.4, 0.5) is 4.39 Å². The van der Waals surface area contributed by atoms with Crippen molar-refractivity contribution in [3.63, 3.8) is 0 Å². The van der Waals surface area contributed by atoms with Crippen LogP contribution in [-0.4, -0.2) is 47.6 Å². The zero-order chi connectivity index (χ0) is 16.3. The number of amides is 2. The number of β-amino-alcohol motifs (C(OH)–C–C–N with tert-alkyl or cyclic N) is 1. The molecule has 0 aliphatic carbocycles. The van der Waals surface area contributed by atoms with E-state index in [-0.39, 0.29) is 35.4 Å². The Morgan fingerprint density at radius 1 is 1.50 bits per heavy atom. The smallest absolute Gasteiger partial charge is 0.255 e. The van der Waals surface area contributed by atoms with Crippen LogP contribution in [0.2, 0.25) is 5.02 Å². The van der Waals surface area contributed by atoms with E-state index < -0.39 is 11.4 Å². The third-order valence-corrected chi connectivity index (χ3v) is 4.09. The zero-order valence-electron chi connectivity index (χ0n) is 12.2. The van der Waals surface area contributed by atoms with Gasteiger partial charge in [-0.15, -0.1) is 0 Å².